The molecule has 2 rings (SSSR count). The molecule has 114 valence electrons. The van der Waals surface area contributed by atoms with E-state index in [0.717, 1.165) is 17.7 Å². The third-order valence-electron chi connectivity index (χ3n) is 2.90. The average molecular weight is 320 g/mol. The van der Waals surface area contributed by atoms with E-state index >= 15 is 0 Å². The van der Waals surface area contributed by atoms with Crippen LogP contribution in [0.15, 0.2) is 53.4 Å². The summed E-state index contributed by atoms with van der Waals surface area (Å²) in [6.45, 7) is 1.81. The summed E-state index contributed by atoms with van der Waals surface area (Å²) in [6.07, 6.45) is 0. The summed E-state index contributed by atoms with van der Waals surface area (Å²) in [6, 6.07) is 10.7. The van der Waals surface area contributed by atoms with Crippen LogP contribution in [0.5, 0.6) is 0 Å². The number of nitro groups is 1. The van der Waals surface area contributed by atoms with Crippen LogP contribution in [-0.2, 0) is 10.0 Å². The smallest absolute Gasteiger partial charge is 0.268 e. The highest BCUT2D eigenvalue weighted by atomic mass is 32.2. The van der Waals surface area contributed by atoms with Crippen molar-refractivity contribution in [1.29, 1.82) is 0 Å². The molecule has 2 aromatic carbocycles. The zero-order chi connectivity index (χ0) is 16.3. The van der Waals surface area contributed by atoms with Gasteiger partial charge in [-0.25, -0.2) is 13.1 Å². The van der Waals surface area contributed by atoms with Crippen LogP contribution in [0.25, 0.3) is 0 Å². The number of aryl methyl sites for hydroxylation is 1. The first-order chi connectivity index (χ1) is 10.3. The predicted octanol–water partition coefficient (Wildman–Crippen LogP) is 2.02. The molecular weight excluding hydrogens is 308 g/mol. The number of carbonyl (C=O) groups is 1. The average Bonchev–Trinajstić information content (AvgIpc) is 2.47. The second-order valence-electron chi connectivity index (χ2n) is 4.55. The van der Waals surface area contributed by atoms with Crippen molar-refractivity contribution < 1.29 is 18.1 Å². The molecule has 0 saturated carbocycles. The molecule has 1 amide bonds. The molecule has 0 aliphatic heterocycles. The normalized spacial score (nSPS) is 11.0. The van der Waals surface area contributed by atoms with Crippen molar-refractivity contribution in [2.45, 2.75) is 11.8 Å². The van der Waals surface area contributed by atoms with Gasteiger partial charge in [-0.15, -0.1) is 0 Å². The van der Waals surface area contributed by atoms with Crippen molar-refractivity contribution in [2.24, 2.45) is 0 Å². The summed E-state index contributed by atoms with van der Waals surface area (Å²) in [5, 5.41) is 10.5. The number of nitro benzene ring substituents is 1. The molecule has 7 nitrogen and oxygen atoms in total. The number of amides is 1. The minimum Gasteiger partial charge on any atom is -0.268 e. The van der Waals surface area contributed by atoms with Gasteiger partial charge in [-0.05, 0) is 31.2 Å². The number of hydrogen-bond donors (Lipinski definition) is 1. The molecule has 0 saturated heterocycles. The molecule has 1 N–H and O–H groups in total. The van der Waals surface area contributed by atoms with Gasteiger partial charge in [0.05, 0.1) is 9.82 Å². The van der Waals surface area contributed by atoms with Gasteiger partial charge in [-0.2, -0.15) is 0 Å². The van der Waals surface area contributed by atoms with Crippen LogP contribution in [0.3, 0.4) is 0 Å². The van der Waals surface area contributed by atoms with Gasteiger partial charge in [0.1, 0.15) is 0 Å². The molecule has 0 fully saturated rings. The third kappa shape index (κ3) is 3.47. The number of sulfonamides is 1. The van der Waals surface area contributed by atoms with Crippen molar-refractivity contribution in [3.63, 3.8) is 0 Å². The van der Waals surface area contributed by atoms with Crippen molar-refractivity contribution in [3.8, 4) is 0 Å². The molecule has 0 aromatic heterocycles. The summed E-state index contributed by atoms with van der Waals surface area (Å²) in [5.41, 5.74) is 0.722. The highest BCUT2D eigenvalue weighted by Gasteiger charge is 2.19. The summed E-state index contributed by atoms with van der Waals surface area (Å²) in [7, 11) is -3.98. The quantitative estimate of drug-likeness (QED) is 0.685. The molecule has 0 unspecified atom stereocenters. The van der Waals surface area contributed by atoms with E-state index in [0.29, 0.717) is 0 Å². The Morgan fingerprint density at radius 2 is 1.59 bits per heavy atom. The van der Waals surface area contributed by atoms with Gasteiger partial charge in [-0.3, -0.25) is 14.9 Å². The number of non-ortho nitro benzene ring substituents is 1. The van der Waals surface area contributed by atoms with E-state index in [2.05, 4.69) is 0 Å². The van der Waals surface area contributed by atoms with Crippen LogP contribution < -0.4 is 4.72 Å². The van der Waals surface area contributed by atoms with Crippen molar-refractivity contribution in [2.75, 3.05) is 0 Å². The number of hydrogen-bond acceptors (Lipinski definition) is 5. The maximum Gasteiger partial charge on any atom is 0.269 e. The topological polar surface area (TPSA) is 106 Å². The second kappa shape index (κ2) is 5.94. The summed E-state index contributed by atoms with van der Waals surface area (Å²) in [4.78, 5) is 21.8. The summed E-state index contributed by atoms with van der Waals surface area (Å²) < 4.78 is 26.0. The minimum absolute atomic E-state index is 0.0151. The van der Waals surface area contributed by atoms with Crippen LogP contribution in [0, 0.1) is 17.0 Å². The van der Waals surface area contributed by atoms with Crippen LogP contribution in [0.2, 0.25) is 0 Å². The fourth-order valence-electron chi connectivity index (χ4n) is 1.69. The maximum atomic E-state index is 12.1. The van der Waals surface area contributed by atoms with Crippen molar-refractivity contribution in [3.05, 3.63) is 69.8 Å². The number of carbonyl (C=O) groups excluding carboxylic acids is 1. The van der Waals surface area contributed by atoms with Gasteiger partial charge < -0.3 is 0 Å². The van der Waals surface area contributed by atoms with Gasteiger partial charge in [-0.1, -0.05) is 17.7 Å². The molecule has 0 aliphatic carbocycles. The molecule has 8 heteroatoms. The Hall–Kier alpha value is -2.74. The van der Waals surface area contributed by atoms with Gasteiger partial charge in [0.15, 0.2) is 0 Å². The molecule has 22 heavy (non-hydrogen) atoms. The Morgan fingerprint density at radius 1 is 1.05 bits per heavy atom. The summed E-state index contributed by atoms with van der Waals surface area (Å²) >= 11 is 0. The Balaban J connectivity index is 2.20. The number of nitrogens with zero attached hydrogens (tertiary/aromatic N) is 1. The fraction of sp³-hybridized carbons (Fsp3) is 0.0714. The molecular formula is C14H12N2O5S. The van der Waals surface area contributed by atoms with E-state index in [-0.39, 0.29) is 16.1 Å². The lowest BCUT2D eigenvalue weighted by Gasteiger charge is -2.07. The lowest BCUT2D eigenvalue weighted by atomic mass is 10.2. The highest BCUT2D eigenvalue weighted by Crippen LogP contribution is 2.14. The molecule has 0 aliphatic rings. The predicted molar refractivity (Wildman–Crippen MR) is 78.9 cm³/mol. The maximum absolute atomic E-state index is 12.1. The third-order valence-corrected chi connectivity index (χ3v) is 4.25. The first-order valence-corrected chi connectivity index (χ1v) is 7.66. The Labute approximate surface area is 126 Å². The van der Waals surface area contributed by atoms with Crippen molar-refractivity contribution >= 4 is 21.6 Å². The standard InChI is InChI=1S/C14H12N2O5S/c1-10-2-8-13(9-3-10)22(20,21)15-14(17)11-4-6-12(7-5-11)16(18)19/h2-9H,1H3,(H,15,17). The molecule has 0 bridgehead atoms. The van der Waals surface area contributed by atoms with Crippen LogP contribution >= 0.6 is 0 Å². The molecule has 0 atom stereocenters. The molecule has 0 radical (unpaired) electrons. The van der Waals surface area contributed by atoms with E-state index in [4.69, 9.17) is 0 Å². The Morgan fingerprint density at radius 3 is 2.09 bits per heavy atom. The van der Waals surface area contributed by atoms with E-state index in [1.54, 1.807) is 12.1 Å². The number of benzene rings is 2. The first kappa shape index (κ1) is 15.6. The van der Waals surface area contributed by atoms with Gasteiger partial charge >= 0.3 is 0 Å². The van der Waals surface area contributed by atoms with Crippen molar-refractivity contribution in [1.82, 2.24) is 4.72 Å². The highest BCUT2D eigenvalue weighted by molar-refractivity contribution is 7.90. The van der Waals surface area contributed by atoms with Gasteiger partial charge in [0.2, 0.25) is 0 Å². The summed E-state index contributed by atoms with van der Waals surface area (Å²) in [5.74, 6) is -0.851. The minimum atomic E-state index is -3.98. The largest absolute Gasteiger partial charge is 0.269 e. The van der Waals surface area contributed by atoms with E-state index < -0.39 is 20.9 Å². The van der Waals surface area contributed by atoms with E-state index in [9.17, 15) is 23.3 Å². The zero-order valence-electron chi connectivity index (χ0n) is 11.5. The zero-order valence-corrected chi connectivity index (χ0v) is 12.3. The lowest BCUT2D eigenvalue weighted by Crippen LogP contribution is -2.30. The van der Waals surface area contributed by atoms with Gasteiger partial charge in [0.25, 0.3) is 21.6 Å². The number of rotatable bonds is 4. The molecule has 0 heterocycles. The number of nitrogens with one attached hydrogen (secondary N) is 1. The second-order valence-corrected chi connectivity index (χ2v) is 6.23. The van der Waals surface area contributed by atoms with Crippen LogP contribution in [-0.4, -0.2) is 19.2 Å². The van der Waals surface area contributed by atoms with Gasteiger partial charge in [0, 0.05) is 17.7 Å². The Bertz CT molecular complexity index is 811. The van der Waals surface area contributed by atoms with E-state index in [1.165, 1.54) is 24.3 Å². The molecule has 2 aromatic rings. The van der Waals surface area contributed by atoms with Crippen LogP contribution in [0.1, 0.15) is 15.9 Å². The monoisotopic (exact) mass is 320 g/mol. The SMILES string of the molecule is Cc1ccc(S(=O)(=O)NC(=O)c2ccc([N+](=O)[O-])cc2)cc1. The Kier molecular flexibility index (Phi) is 4.22. The fourth-order valence-corrected chi connectivity index (χ4v) is 2.67. The lowest BCUT2D eigenvalue weighted by molar-refractivity contribution is -0.384. The van der Waals surface area contributed by atoms with Crippen LogP contribution in [0.4, 0.5) is 5.69 Å². The van der Waals surface area contributed by atoms with E-state index in [1.807, 2.05) is 11.6 Å². The first-order valence-electron chi connectivity index (χ1n) is 6.18. The molecule has 0 spiro atoms.